The maximum atomic E-state index is 2.69. The molecule has 6 saturated carbocycles. The van der Waals surface area contributed by atoms with E-state index < -0.39 is 0 Å². The molecule has 0 amide bonds. The van der Waals surface area contributed by atoms with Crippen molar-refractivity contribution in [2.75, 3.05) is 0 Å². The van der Waals surface area contributed by atoms with Crippen molar-refractivity contribution in [3.63, 3.8) is 0 Å². The molecule has 0 aromatic heterocycles. The molecule has 6 fully saturated rings. The van der Waals surface area contributed by atoms with Crippen LogP contribution in [0.5, 0.6) is 0 Å². The number of hydrogen-bond acceptors (Lipinski definition) is 0. The van der Waals surface area contributed by atoms with E-state index in [0.717, 1.165) is 41.4 Å². The highest BCUT2D eigenvalue weighted by Gasteiger charge is 2.59. The zero-order valence-electron chi connectivity index (χ0n) is 16.1. The second-order valence-electron chi connectivity index (χ2n) is 11.9. The van der Waals surface area contributed by atoms with Crippen LogP contribution in [0.3, 0.4) is 0 Å². The van der Waals surface area contributed by atoms with Gasteiger partial charge < -0.3 is 0 Å². The predicted octanol–water partition coefficient (Wildman–Crippen LogP) is 6.55. The van der Waals surface area contributed by atoms with E-state index in [2.05, 4.69) is 13.8 Å². The van der Waals surface area contributed by atoms with Gasteiger partial charge in [-0.3, -0.25) is 0 Å². The van der Waals surface area contributed by atoms with Crippen LogP contribution in [0, 0.1) is 64.6 Å². The van der Waals surface area contributed by atoms with Gasteiger partial charge >= 0.3 is 0 Å². The molecule has 4 bridgehead atoms. The molecule has 0 saturated heterocycles. The molecule has 24 heavy (non-hydrogen) atoms. The lowest BCUT2D eigenvalue weighted by molar-refractivity contribution is 0.0433. The standard InChI is InChI=1S/C24H38/c1-24(2,23-12-15-11-22(23)20-8-4-6-18(15)20)13-16-9-14-10-21(16)19-7-3-5-17(14)19/h14-23H,3-13H2,1-2H3. The first-order valence-electron chi connectivity index (χ1n) is 11.6. The molecule has 0 aliphatic heterocycles. The van der Waals surface area contributed by atoms with Crippen LogP contribution in [-0.2, 0) is 0 Å². The maximum Gasteiger partial charge on any atom is -0.0320 e. The van der Waals surface area contributed by atoms with E-state index in [9.17, 15) is 0 Å². The number of rotatable bonds is 3. The van der Waals surface area contributed by atoms with Crippen LogP contribution in [0.1, 0.15) is 84.5 Å². The van der Waals surface area contributed by atoms with Crippen LogP contribution in [0.4, 0.5) is 0 Å². The van der Waals surface area contributed by atoms with Gasteiger partial charge in [0, 0.05) is 0 Å². The Morgan fingerprint density at radius 2 is 1.21 bits per heavy atom. The summed E-state index contributed by atoms with van der Waals surface area (Å²) in [4.78, 5) is 0. The van der Waals surface area contributed by atoms with Gasteiger partial charge in [0.25, 0.3) is 0 Å². The van der Waals surface area contributed by atoms with E-state index in [-0.39, 0.29) is 0 Å². The van der Waals surface area contributed by atoms with E-state index in [1.54, 1.807) is 70.6 Å². The Morgan fingerprint density at radius 1 is 0.625 bits per heavy atom. The zero-order chi connectivity index (χ0) is 16.1. The molecule has 0 radical (unpaired) electrons. The van der Waals surface area contributed by atoms with Crippen molar-refractivity contribution in [3.8, 4) is 0 Å². The van der Waals surface area contributed by atoms with Crippen molar-refractivity contribution in [2.45, 2.75) is 84.5 Å². The van der Waals surface area contributed by atoms with Crippen LogP contribution in [0.15, 0.2) is 0 Å². The fourth-order valence-electron chi connectivity index (χ4n) is 10.2. The van der Waals surface area contributed by atoms with E-state index in [1.807, 2.05) is 0 Å². The highest BCUT2D eigenvalue weighted by atomic mass is 14.6. The van der Waals surface area contributed by atoms with Gasteiger partial charge in [0.15, 0.2) is 0 Å². The molecule has 0 spiro atoms. The molecule has 134 valence electrons. The van der Waals surface area contributed by atoms with Gasteiger partial charge in [-0.2, -0.15) is 0 Å². The summed E-state index contributed by atoms with van der Waals surface area (Å²) in [6, 6.07) is 0. The minimum absolute atomic E-state index is 0.635. The summed E-state index contributed by atoms with van der Waals surface area (Å²) in [7, 11) is 0. The highest BCUT2D eigenvalue weighted by Crippen LogP contribution is 2.67. The molecule has 0 heterocycles. The van der Waals surface area contributed by atoms with E-state index >= 15 is 0 Å². The molecule has 0 aromatic rings. The van der Waals surface area contributed by atoms with Crippen LogP contribution in [0.2, 0.25) is 0 Å². The summed E-state index contributed by atoms with van der Waals surface area (Å²) in [6.45, 7) is 5.39. The molecule has 10 unspecified atom stereocenters. The Morgan fingerprint density at radius 3 is 1.96 bits per heavy atom. The van der Waals surface area contributed by atoms with Gasteiger partial charge in [0.2, 0.25) is 0 Å². The van der Waals surface area contributed by atoms with Gasteiger partial charge in [-0.1, -0.05) is 26.7 Å². The third kappa shape index (κ3) is 1.92. The smallest absolute Gasteiger partial charge is 0.0320 e. The van der Waals surface area contributed by atoms with Gasteiger partial charge in [-0.05, 0) is 122 Å². The van der Waals surface area contributed by atoms with Crippen molar-refractivity contribution >= 4 is 0 Å². The van der Waals surface area contributed by atoms with Crippen molar-refractivity contribution < 1.29 is 0 Å². The van der Waals surface area contributed by atoms with Crippen molar-refractivity contribution in [1.82, 2.24) is 0 Å². The number of fused-ring (bicyclic) bond motifs is 10. The summed E-state index contributed by atoms with van der Waals surface area (Å²) < 4.78 is 0. The maximum absolute atomic E-state index is 2.69. The predicted molar refractivity (Wildman–Crippen MR) is 99.5 cm³/mol. The molecular weight excluding hydrogens is 288 g/mol. The lowest BCUT2D eigenvalue weighted by Crippen LogP contribution is -2.37. The van der Waals surface area contributed by atoms with Gasteiger partial charge in [0.05, 0.1) is 0 Å². The minimum atomic E-state index is 0.635. The van der Waals surface area contributed by atoms with Gasteiger partial charge in [0.1, 0.15) is 0 Å². The monoisotopic (exact) mass is 326 g/mol. The second-order valence-corrected chi connectivity index (χ2v) is 11.9. The van der Waals surface area contributed by atoms with E-state index in [1.165, 1.54) is 17.8 Å². The Bertz CT molecular complexity index is 518. The van der Waals surface area contributed by atoms with Crippen molar-refractivity contribution in [1.29, 1.82) is 0 Å². The minimum Gasteiger partial charge on any atom is -0.0596 e. The van der Waals surface area contributed by atoms with Crippen molar-refractivity contribution in [3.05, 3.63) is 0 Å². The Labute approximate surface area is 149 Å². The average molecular weight is 327 g/mol. The average Bonchev–Trinajstić information content (AvgIpc) is 3.30. The van der Waals surface area contributed by atoms with Gasteiger partial charge in [-0.25, -0.2) is 0 Å². The Balaban J connectivity index is 1.18. The third-order valence-corrected chi connectivity index (χ3v) is 10.8. The highest BCUT2D eigenvalue weighted by molar-refractivity contribution is 5.08. The summed E-state index contributed by atoms with van der Waals surface area (Å²) in [6.07, 6.45) is 17.6. The summed E-state index contributed by atoms with van der Waals surface area (Å²) in [5.41, 5.74) is 0.635. The van der Waals surface area contributed by atoms with Crippen LogP contribution in [0.25, 0.3) is 0 Å². The largest absolute Gasteiger partial charge is 0.0596 e. The van der Waals surface area contributed by atoms with E-state index in [4.69, 9.17) is 0 Å². The summed E-state index contributed by atoms with van der Waals surface area (Å²) in [5.74, 6) is 11.5. The third-order valence-electron chi connectivity index (χ3n) is 10.8. The first kappa shape index (κ1) is 15.1. The molecule has 6 rings (SSSR count). The molecule has 6 aliphatic carbocycles. The molecular formula is C24H38. The normalized spacial score (nSPS) is 57.8. The molecule has 0 N–H and O–H groups in total. The molecule has 0 nitrogen and oxygen atoms in total. The number of hydrogen-bond donors (Lipinski definition) is 0. The second kappa shape index (κ2) is 5.04. The Hall–Kier alpha value is 0. The summed E-state index contributed by atoms with van der Waals surface area (Å²) in [5, 5.41) is 0. The lowest BCUT2D eigenvalue weighted by atomic mass is 9.60. The first-order valence-corrected chi connectivity index (χ1v) is 11.6. The zero-order valence-corrected chi connectivity index (χ0v) is 16.1. The lowest BCUT2D eigenvalue weighted by Gasteiger charge is -2.45. The Kier molecular flexibility index (Phi) is 3.17. The van der Waals surface area contributed by atoms with Crippen LogP contribution in [-0.4, -0.2) is 0 Å². The fourth-order valence-corrected chi connectivity index (χ4v) is 10.2. The quantitative estimate of drug-likeness (QED) is 0.552. The molecule has 0 aromatic carbocycles. The summed E-state index contributed by atoms with van der Waals surface area (Å²) >= 11 is 0. The molecule has 0 heteroatoms. The fraction of sp³-hybridized carbons (Fsp3) is 1.00. The molecule has 6 aliphatic rings. The van der Waals surface area contributed by atoms with Gasteiger partial charge in [-0.15, -0.1) is 0 Å². The van der Waals surface area contributed by atoms with E-state index in [0.29, 0.717) is 5.41 Å². The van der Waals surface area contributed by atoms with Crippen LogP contribution >= 0.6 is 0 Å². The first-order chi connectivity index (χ1) is 11.6. The van der Waals surface area contributed by atoms with Crippen molar-refractivity contribution in [2.24, 2.45) is 64.6 Å². The topological polar surface area (TPSA) is 0 Å². The molecule has 10 atom stereocenters. The van der Waals surface area contributed by atoms with Crippen LogP contribution < -0.4 is 0 Å². The SMILES string of the molecule is CC(C)(CC1CC2CC1C1CCCC21)C1CC2CC1C1CCCC21.